The van der Waals surface area contributed by atoms with E-state index < -0.39 is 8.07 Å². The summed E-state index contributed by atoms with van der Waals surface area (Å²) >= 11 is 0. The minimum absolute atomic E-state index is 0.0303. The zero-order valence-corrected chi connectivity index (χ0v) is 47.1. The second kappa shape index (κ2) is 14.4. The van der Waals surface area contributed by atoms with E-state index in [1.165, 1.54) is 139 Å². The van der Waals surface area contributed by atoms with E-state index in [1.807, 2.05) is 0 Å². The van der Waals surface area contributed by atoms with Gasteiger partial charge in [0.05, 0.1) is 19.4 Å². The molecule has 5 heteroatoms. The van der Waals surface area contributed by atoms with Crippen molar-refractivity contribution in [2.45, 2.75) is 207 Å². The maximum Gasteiger partial charge on any atom is 0.297 e. The molecule has 3 heterocycles. The quantitative estimate of drug-likeness (QED) is 0.165. The van der Waals surface area contributed by atoms with Crippen LogP contribution in [-0.4, -0.2) is 14.8 Å². The zero-order valence-electron chi connectivity index (χ0n) is 46.1. The Hall–Kier alpha value is -4.48. The van der Waals surface area contributed by atoms with Crippen LogP contribution in [-0.2, 0) is 37.9 Å². The van der Waals surface area contributed by atoms with Gasteiger partial charge in [-0.05, 0) is 187 Å². The van der Waals surface area contributed by atoms with Crippen LogP contribution in [0.1, 0.15) is 187 Å². The number of benzene rings is 5. The van der Waals surface area contributed by atoms with Gasteiger partial charge in [0, 0.05) is 33.8 Å². The molecule has 3 aliphatic carbocycles. The molecule has 69 heavy (non-hydrogen) atoms. The highest BCUT2D eigenvalue weighted by Crippen LogP contribution is 2.55. The normalized spacial score (nSPS) is 20.9. The van der Waals surface area contributed by atoms with Crippen molar-refractivity contribution >= 4 is 81.7 Å². The molecule has 0 atom stereocenters. The summed E-state index contributed by atoms with van der Waals surface area (Å²) in [6, 6.07) is 30.5. The number of hydrogen-bond acceptors (Lipinski definition) is 3. The molecule has 5 aromatic carbocycles. The van der Waals surface area contributed by atoms with E-state index >= 15 is 0 Å². The molecule has 360 valence electrons. The first-order valence-electron chi connectivity index (χ1n) is 26.7. The summed E-state index contributed by atoms with van der Waals surface area (Å²) in [5, 5.41) is 2.72. The van der Waals surface area contributed by atoms with Crippen molar-refractivity contribution in [3.8, 4) is 0 Å². The molecular weight excluding hydrogens is 852 g/mol. The Bertz CT molecular complexity index is 3180. The Morgan fingerprint density at radius 1 is 0.507 bits per heavy atom. The molecule has 2 aliphatic heterocycles. The molecule has 1 aromatic heterocycles. The summed E-state index contributed by atoms with van der Waals surface area (Å²) in [6.45, 7) is 46.6. The van der Waals surface area contributed by atoms with Gasteiger partial charge in [-0.3, -0.25) is 0 Å². The summed E-state index contributed by atoms with van der Waals surface area (Å²) < 4.78 is 7.74. The molecule has 0 unspecified atom stereocenters. The zero-order chi connectivity index (χ0) is 49.7. The summed E-state index contributed by atoms with van der Waals surface area (Å²) in [7, 11) is -1.93. The molecule has 0 N–H and O–H groups in total. The second-order valence-corrected chi connectivity index (χ2v) is 33.8. The van der Waals surface area contributed by atoms with Crippen LogP contribution in [0.4, 0.5) is 34.1 Å². The van der Waals surface area contributed by atoms with Crippen LogP contribution in [0.3, 0.4) is 0 Å². The fraction of sp³-hybridized carbons (Fsp3) is 0.500. The maximum atomic E-state index is 7.74. The average molecular weight is 933 g/mol. The number of hydrogen-bond donors (Lipinski definition) is 0. The maximum absolute atomic E-state index is 7.74. The molecule has 5 aliphatic rings. The first-order valence-corrected chi connectivity index (χ1v) is 30.2. The summed E-state index contributed by atoms with van der Waals surface area (Å²) in [6.07, 6.45) is 7.06. The first-order chi connectivity index (χ1) is 31.8. The molecule has 0 saturated heterocycles. The van der Waals surface area contributed by atoms with Gasteiger partial charge >= 0.3 is 0 Å². The Morgan fingerprint density at radius 3 is 1.54 bits per heavy atom. The lowest BCUT2D eigenvalue weighted by molar-refractivity contribution is 0.332. The predicted octanol–water partition coefficient (Wildman–Crippen LogP) is 15.7. The lowest BCUT2D eigenvalue weighted by Gasteiger charge is -2.47. The fourth-order valence-electron chi connectivity index (χ4n) is 13.7. The number of fused-ring (bicyclic) bond motifs is 9. The molecule has 0 spiro atoms. The van der Waals surface area contributed by atoms with Gasteiger partial charge in [-0.1, -0.05) is 153 Å². The molecule has 6 aromatic rings. The largest absolute Gasteiger partial charge is 0.468 e. The SMILES string of the molecule is Cc1cc(C(C)(C)C)ccc1N1c2cc([Si](C)(C)C)cc3c2B(c2cc4c(cc2N3c2ccc3c(c2)C(C)(C)CCC3(C)C)C(C)(C)CCC4(C)C)c2oc3cc4c(cc3c21)C(C)(C)CCC4(C)C. The number of anilines is 6. The first kappa shape index (κ1) is 46.9. The predicted molar refractivity (Wildman–Crippen MR) is 303 cm³/mol. The highest BCUT2D eigenvalue weighted by atomic mass is 28.3. The molecule has 3 nitrogen and oxygen atoms in total. The van der Waals surface area contributed by atoms with E-state index in [-0.39, 0.29) is 44.6 Å². The van der Waals surface area contributed by atoms with Crippen molar-refractivity contribution in [1.82, 2.24) is 0 Å². The number of rotatable bonds is 3. The van der Waals surface area contributed by atoms with Gasteiger partial charge in [0.15, 0.2) is 0 Å². The van der Waals surface area contributed by atoms with Gasteiger partial charge in [-0.25, -0.2) is 0 Å². The number of nitrogens with zero attached hydrogens (tertiary/aromatic N) is 2. The molecular formula is C64H81BN2OSi. The van der Waals surface area contributed by atoms with Crippen LogP contribution in [0.15, 0.2) is 77.2 Å². The molecule has 0 fully saturated rings. The van der Waals surface area contributed by atoms with Crippen LogP contribution in [0.5, 0.6) is 0 Å². The molecule has 0 saturated carbocycles. The minimum atomic E-state index is -1.93. The van der Waals surface area contributed by atoms with E-state index in [0.29, 0.717) is 0 Å². The third-order valence-corrected chi connectivity index (χ3v) is 20.9. The van der Waals surface area contributed by atoms with Crippen molar-refractivity contribution in [3.05, 3.63) is 117 Å². The Balaban J connectivity index is 1.31. The van der Waals surface area contributed by atoms with Gasteiger partial charge in [0.25, 0.3) is 6.71 Å². The lowest BCUT2D eigenvalue weighted by atomic mass is 9.35. The average Bonchev–Trinajstić information content (AvgIpc) is 3.62. The Labute approximate surface area is 418 Å². The number of furan rings is 1. The lowest BCUT2D eigenvalue weighted by Crippen LogP contribution is -2.62. The number of aryl methyl sites for hydroxylation is 1. The van der Waals surface area contributed by atoms with Crippen molar-refractivity contribution in [2.75, 3.05) is 9.80 Å². The summed E-state index contributed by atoms with van der Waals surface area (Å²) in [5.41, 5.74) is 24.5. The third kappa shape index (κ3) is 6.91. The molecule has 0 amide bonds. The fourth-order valence-corrected chi connectivity index (χ4v) is 14.8. The Kier molecular flexibility index (Phi) is 9.75. The van der Waals surface area contributed by atoms with Gasteiger partial charge in [0.2, 0.25) is 0 Å². The van der Waals surface area contributed by atoms with E-state index in [9.17, 15) is 0 Å². The second-order valence-electron chi connectivity index (χ2n) is 28.7. The van der Waals surface area contributed by atoms with E-state index in [0.717, 1.165) is 11.2 Å². The van der Waals surface area contributed by atoms with Crippen molar-refractivity contribution in [1.29, 1.82) is 0 Å². The highest BCUT2D eigenvalue weighted by molar-refractivity contribution is 7.00. The minimum Gasteiger partial charge on any atom is -0.468 e. The van der Waals surface area contributed by atoms with Crippen LogP contribution < -0.4 is 31.6 Å². The standard InChI is InChI=1S/C64H81BN2OSi/c1-38-30-39(58(2,3)4)20-23-50(38)67-53-33-41(69(17,18)19)32-52-55(53)65(57-56(67)42-34-45-48(37-54(42)68-57)64(15,16)29-26-61(45,9)10)49-35-46-47(63(13,14)28-27-62(46,11)12)36-51(49)66(52)40-21-22-43-44(31-40)60(7,8)25-24-59(43,5)6/h20-23,30-37H,24-29H2,1-19H3. The van der Waals surface area contributed by atoms with Gasteiger partial charge in [-0.2, -0.15) is 0 Å². The van der Waals surface area contributed by atoms with Crippen LogP contribution >= 0.6 is 0 Å². The molecule has 0 bridgehead atoms. The third-order valence-electron chi connectivity index (χ3n) is 18.9. The van der Waals surface area contributed by atoms with Crippen molar-refractivity contribution in [3.63, 3.8) is 0 Å². The van der Waals surface area contributed by atoms with Gasteiger partial charge < -0.3 is 14.2 Å². The monoisotopic (exact) mass is 933 g/mol. The topological polar surface area (TPSA) is 19.6 Å². The Morgan fingerprint density at radius 2 is 1.00 bits per heavy atom. The smallest absolute Gasteiger partial charge is 0.297 e. The van der Waals surface area contributed by atoms with E-state index in [1.54, 1.807) is 0 Å². The van der Waals surface area contributed by atoms with Crippen LogP contribution in [0.2, 0.25) is 19.6 Å². The van der Waals surface area contributed by atoms with E-state index in [2.05, 4.69) is 213 Å². The van der Waals surface area contributed by atoms with Crippen LogP contribution in [0, 0.1) is 6.92 Å². The molecule has 0 radical (unpaired) electrons. The van der Waals surface area contributed by atoms with Crippen molar-refractivity contribution < 1.29 is 4.42 Å². The van der Waals surface area contributed by atoms with Gasteiger partial charge in [-0.15, -0.1) is 0 Å². The van der Waals surface area contributed by atoms with Crippen LogP contribution in [0.25, 0.3) is 11.0 Å². The molecule has 11 rings (SSSR count). The highest BCUT2D eigenvalue weighted by Gasteiger charge is 2.51. The van der Waals surface area contributed by atoms with Crippen molar-refractivity contribution in [2.24, 2.45) is 0 Å². The summed E-state index contributed by atoms with van der Waals surface area (Å²) in [5.74, 6) is 0. The van der Waals surface area contributed by atoms with Gasteiger partial charge in [0.1, 0.15) is 5.58 Å². The summed E-state index contributed by atoms with van der Waals surface area (Å²) in [4.78, 5) is 5.41. The van der Waals surface area contributed by atoms with E-state index in [4.69, 9.17) is 4.42 Å².